The Balaban J connectivity index is 1.98. The number of halogens is 1. The van der Waals surface area contributed by atoms with Crippen LogP contribution in [0.5, 0.6) is 0 Å². The Morgan fingerprint density at radius 2 is 1.12 bits per heavy atom. The van der Waals surface area contributed by atoms with Gasteiger partial charge in [-0.1, -0.05) is 64.5 Å². The minimum atomic E-state index is 1.11. The number of nitrogens with zero attached hydrogens (tertiary/aromatic N) is 1. The first-order chi connectivity index (χ1) is 11.8. The Morgan fingerprint density at radius 1 is 0.542 bits per heavy atom. The lowest BCUT2D eigenvalue weighted by Gasteiger charge is -2.07. The van der Waals surface area contributed by atoms with Crippen LogP contribution in [-0.4, -0.2) is 4.57 Å². The van der Waals surface area contributed by atoms with Gasteiger partial charge in [-0.25, -0.2) is 0 Å². The Bertz CT molecular complexity index is 1200. The van der Waals surface area contributed by atoms with Gasteiger partial charge in [0.15, 0.2) is 0 Å². The van der Waals surface area contributed by atoms with Gasteiger partial charge >= 0.3 is 0 Å². The largest absolute Gasteiger partial charge is 0.323 e. The second-order valence-corrected chi connectivity index (χ2v) is 6.98. The molecule has 0 unspecified atom stereocenters. The van der Waals surface area contributed by atoms with Crippen molar-refractivity contribution in [1.82, 2.24) is 4.57 Å². The van der Waals surface area contributed by atoms with Crippen LogP contribution in [0.15, 0.2) is 89.7 Å². The summed E-state index contributed by atoms with van der Waals surface area (Å²) < 4.78 is 3.33. The van der Waals surface area contributed by atoms with E-state index in [0.717, 1.165) is 4.47 Å². The standard InChI is InChI=1S/C22H14BrN/c23-15-10-11-19-20(12-15)17-8-4-5-9-18(17)21-13-24(14-22(19)21)16-6-2-1-3-7-16/h1-14H. The highest BCUT2D eigenvalue weighted by molar-refractivity contribution is 9.10. The normalized spacial score (nSPS) is 11.5. The summed E-state index contributed by atoms with van der Waals surface area (Å²) >= 11 is 3.62. The minimum absolute atomic E-state index is 1.11. The molecule has 1 aromatic heterocycles. The SMILES string of the molecule is Brc1ccc2c(c1)c1ccccc1c1cn(-c3ccccc3)cc21. The molecular weight excluding hydrogens is 358 g/mol. The fourth-order valence-electron chi connectivity index (χ4n) is 3.56. The van der Waals surface area contributed by atoms with Crippen molar-refractivity contribution in [1.29, 1.82) is 0 Å². The quantitative estimate of drug-likeness (QED) is 0.289. The Labute approximate surface area is 148 Å². The number of hydrogen-bond donors (Lipinski definition) is 0. The Hall–Kier alpha value is -2.58. The molecule has 0 aliphatic rings. The second-order valence-electron chi connectivity index (χ2n) is 6.06. The zero-order chi connectivity index (χ0) is 16.1. The van der Waals surface area contributed by atoms with Crippen molar-refractivity contribution in [3.8, 4) is 5.69 Å². The molecule has 1 nitrogen and oxygen atoms in total. The molecule has 0 saturated carbocycles. The lowest BCUT2D eigenvalue weighted by atomic mass is 9.97. The van der Waals surface area contributed by atoms with Crippen LogP contribution in [0.2, 0.25) is 0 Å². The van der Waals surface area contributed by atoms with Crippen LogP contribution < -0.4 is 0 Å². The van der Waals surface area contributed by atoms with Crippen LogP contribution in [0.4, 0.5) is 0 Å². The van der Waals surface area contributed by atoms with E-state index >= 15 is 0 Å². The molecule has 0 fully saturated rings. The third-order valence-corrected chi connectivity index (χ3v) is 5.15. The van der Waals surface area contributed by atoms with Gasteiger partial charge in [0.1, 0.15) is 0 Å². The summed E-state index contributed by atoms with van der Waals surface area (Å²) in [5, 5.41) is 7.77. The summed E-state index contributed by atoms with van der Waals surface area (Å²) in [6.45, 7) is 0. The van der Waals surface area contributed by atoms with Gasteiger partial charge in [-0.15, -0.1) is 0 Å². The van der Waals surface area contributed by atoms with Gasteiger partial charge in [0.05, 0.1) is 0 Å². The van der Waals surface area contributed by atoms with E-state index in [0.29, 0.717) is 0 Å². The number of aromatic nitrogens is 1. The highest BCUT2D eigenvalue weighted by Crippen LogP contribution is 2.37. The summed E-state index contributed by atoms with van der Waals surface area (Å²) in [5.41, 5.74) is 1.18. The molecule has 0 radical (unpaired) electrons. The first-order valence-electron chi connectivity index (χ1n) is 7.98. The van der Waals surface area contributed by atoms with Crippen molar-refractivity contribution < 1.29 is 0 Å². The summed E-state index contributed by atoms with van der Waals surface area (Å²) in [6, 6.07) is 25.7. The van der Waals surface area contributed by atoms with Gasteiger partial charge in [0.25, 0.3) is 0 Å². The van der Waals surface area contributed by atoms with Crippen LogP contribution in [0.3, 0.4) is 0 Å². The summed E-state index contributed by atoms with van der Waals surface area (Å²) in [6.07, 6.45) is 4.49. The number of rotatable bonds is 1. The molecule has 0 N–H and O–H groups in total. The van der Waals surface area contributed by atoms with E-state index in [4.69, 9.17) is 0 Å². The van der Waals surface area contributed by atoms with E-state index in [1.807, 2.05) is 0 Å². The van der Waals surface area contributed by atoms with E-state index < -0.39 is 0 Å². The fourth-order valence-corrected chi connectivity index (χ4v) is 3.92. The minimum Gasteiger partial charge on any atom is -0.323 e. The highest BCUT2D eigenvalue weighted by atomic mass is 79.9. The number of para-hydroxylation sites is 1. The molecule has 0 saturated heterocycles. The van der Waals surface area contributed by atoms with Crippen molar-refractivity contribution in [2.24, 2.45) is 0 Å². The molecule has 0 spiro atoms. The molecule has 2 heteroatoms. The maximum absolute atomic E-state index is 3.62. The highest BCUT2D eigenvalue weighted by Gasteiger charge is 2.11. The van der Waals surface area contributed by atoms with Crippen LogP contribution in [0, 0.1) is 0 Å². The summed E-state index contributed by atoms with van der Waals surface area (Å²) in [4.78, 5) is 0. The average Bonchev–Trinajstić information content (AvgIpc) is 3.08. The Kier molecular flexibility index (Phi) is 3.00. The van der Waals surface area contributed by atoms with E-state index in [9.17, 15) is 0 Å². The van der Waals surface area contributed by atoms with Crippen molar-refractivity contribution >= 4 is 48.2 Å². The number of fused-ring (bicyclic) bond motifs is 6. The molecule has 0 aliphatic carbocycles. The predicted octanol–water partition coefficient (Wildman–Crippen LogP) is 6.70. The average molecular weight is 372 g/mol. The topological polar surface area (TPSA) is 4.93 Å². The van der Waals surface area contributed by atoms with E-state index in [1.165, 1.54) is 38.0 Å². The number of benzene rings is 4. The van der Waals surface area contributed by atoms with Crippen molar-refractivity contribution in [2.75, 3.05) is 0 Å². The molecule has 1 heterocycles. The first kappa shape index (κ1) is 13.8. The van der Waals surface area contributed by atoms with E-state index in [2.05, 4.69) is 106 Å². The van der Waals surface area contributed by atoms with Crippen LogP contribution >= 0.6 is 15.9 Å². The molecule has 0 aliphatic heterocycles. The van der Waals surface area contributed by atoms with Crippen molar-refractivity contribution in [2.45, 2.75) is 0 Å². The van der Waals surface area contributed by atoms with Crippen molar-refractivity contribution in [3.05, 3.63) is 89.7 Å². The van der Waals surface area contributed by atoms with Crippen LogP contribution in [0.25, 0.3) is 38.0 Å². The molecule has 5 rings (SSSR count). The van der Waals surface area contributed by atoms with Gasteiger partial charge in [0, 0.05) is 33.3 Å². The van der Waals surface area contributed by atoms with E-state index in [-0.39, 0.29) is 0 Å². The summed E-state index contributed by atoms with van der Waals surface area (Å²) in [5.74, 6) is 0. The van der Waals surface area contributed by atoms with Gasteiger partial charge in [-0.2, -0.15) is 0 Å². The van der Waals surface area contributed by atoms with Gasteiger partial charge in [0.2, 0.25) is 0 Å². The van der Waals surface area contributed by atoms with Gasteiger partial charge in [-0.05, 0) is 45.8 Å². The molecule has 5 aromatic rings. The smallest absolute Gasteiger partial charge is 0.0449 e. The molecule has 0 amide bonds. The zero-order valence-electron chi connectivity index (χ0n) is 12.9. The third-order valence-electron chi connectivity index (χ3n) is 4.66. The predicted molar refractivity (Wildman–Crippen MR) is 106 cm³/mol. The number of hydrogen-bond acceptors (Lipinski definition) is 0. The molecular formula is C22H14BrN. The second kappa shape index (κ2) is 5.22. The van der Waals surface area contributed by atoms with Crippen LogP contribution in [-0.2, 0) is 0 Å². The maximum atomic E-state index is 3.62. The van der Waals surface area contributed by atoms with Crippen molar-refractivity contribution in [3.63, 3.8) is 0 Å². The first-order valence-corrected chi connectivity index (χ1v) is 8.78. The Morgan fingerprint density at radius 3 is 1.83 bits per heavy atom. The maximum Gasteiger partial charge on any atom is 0.0449 e. The van der Waals surface area contributed by atoms with E-state index in [1.54, 1.807) is 0 Å². The molecule has 0 atom stereocenters. The molecule has 24 heavy (non-hydrogen) atoms. The molecule has 114 valence electrons. The monoisotopic (exact) mass is 371 g/mol. The summed E-state index contributed by atoms with van der Waals surface area (Å²) in [7, 11) is 0. The lowest BCUT2D eigenvalue weighted by molar-refractivity contribution is 1.09. The van der Waals surface area contributed by atoms with Gasteiger partial charge < -0.3 is 4.57 Å². The zero-order valence-corrected chi connectivity index (χ0v) is 14.5. The fraction of sp³-hybridized carbons (Fsp3) is 0. The van der Waals surface area contributed by atoms with Crippen LogP contribution in [0.1, 0.15) is 0 Å². The van der Waals surface area contributed by atoms with Gasteiger partial charge in [-0.3, -0.25) is 0 Å². The molecule has 0 bridgehead atoms. The lowest BCUT2D eigenvalue weighted by Crippen LogP contribution is -1.87. The molecule has 4 aromatic carbocycles. The third kappa shape index (κ3) is 2.00.